The largest absolute Gasteiger partial charge is 0.479 e. The molecule has 7 heteroatoms. The van der Waals surface area contributed by atoms with Crippen molar-refractivity contribution in [2.24, 2.45) is 11.5 Å². The molecule has 0 aliphatic carbocycles. The second-order valence-electron chi connectivity index (χ2n) is 3.59. The standard InChI is InChI=1S/C11H13N3O2S2/c12-9(17)8(10(15)16)14(11(13)18)6-7-4-2-1-3-5-7/h1-5,8H,6H2,(H2,12,17)(H2,13,18)(H,15,16). The highest BCUT2D eigenvalue weighted by atomic mass is 32.1. The molecule has 0 bridgehead atoms. The minimum Gasteiger partial charge on any atom is -0.479 e. The number of carboxylic acids is 1. The van der Waals surface area contributed by atoms with Gasteiger partial charge in [0.15, 0.2) is 11.2 Å². The number of nitrogens with two attached hydrogens (primary N) is 2. The number of aliphatic carboxylic acids is 1. The molecule has 1 atom stereocenters. The minimum atomic E-state index is -1.20. The number of rotatable bonds is 5. The van der Waals surface area contributed by atoms with Crippen LogP contribution in [-0.2, 0) is 11.3 Å². The van der Waals surface area contributed by atoms with Crippen molar-refractivity contribution in [1.82, 2.24) is 4.90 Å². The maximum atomic E-state index is 11.2. The predicted molar refractivity (Wildman–Crippen MR) is 77.0 cm³/mol. The van der Waals surface area contributed by atoms with E-state index in [-0.39, 0.29) is 16.6 Å². The van der Waals surface area contributed by atoms with Gasteiger partial charge in [-0.3, -0.25) is 0 Å². The van der Waals surface area contributed by atoms with Gasteiger partial charge < -0.3 is 21.5 Å². The SMILES string of the molecule is NC(=S)C(C(=O)O)N(Cc1ccccc1)C(N)=S. The van der Waals surface area contributed by atoms with E-state index in [4.69, 9.17) is 41.0 Å². The summed E-state index contributed by atoms with van der Waals surface area (Å²) in [6, 6.07) is 8.01. The number of hydrogen-bond donors (Lipinski definition) is 3. The fraction of sp³-hybridized carbons (Fsp3) is 0.182. The van der Waals surface area contributed by atoms with Crippen LogP contribution in [0.2, 0.25) is 0 Å². The van der Waals surface area contributed by atoms with Crippen LogP contribution in [0.1, 0.15) is 5.56 Å². The highest BCUT2D eigenvalue weighted by Gasteiger charge is 2.29. The van der Waals surface area contributed by atoms with Crippen LogP contribution in [0.5, 0.6) is 0 Å². The average molecular weight is 283 g/mol. The Labute approximate surface area is 115 Å². The summed E-state index contributed by atoms with van der Waals surface area (Å²) in [6.45, 7) is 0.241. The molecule has 18 heavy (non-hydrogen) atoms. The monoisotopic (exact) mass is 283 g/mol. The molecule has 0 spiro atoms. The fourth-order valence-corrected chi connectivity index (χ4v) is 1.88. The van der Waals surface area contributed by atoms with E-state index in [1.54, 1.807) is 0 Å². The summed E-state index contributed by atoms with van der Waals surface area (Å²) in [6.07, 6.45) is 0. The van der Waals surface area contributed by atoms with Crippen molar-refractivity contribution < 1.29 is 9.90 Å². The van der Waals surface area contributed by atoms with Gasteiger partial charge in [-0.05, 0) is 17.8 Å². The van der Waals surface area contributed by atoms with Crippen LogP contribution in [0, 0.1) is 0 Å². The van der Waals surface area contributed by atoms with E-state index < -0.39 is 12.0 Å². The van der Waals surface area contributed by atoms with E-state index in [9.17, 15) is 4.79 Å². The molecule has 1 aromatic carbocycles. The molecule has 0 saturated carbocycles. The highest BCUT2D eigenvalue weighted by Crippen LogP contribution is 2.09. The zero-order chi connectivity index (χ0) is 13.7. The first-order chi connectivity index (χ1) is 8.43. The second-order valence-corrected chi connectivity index (χ2v) is 4.48. The van der Waals surface area contributed by atoms with Gasteiger partial charge in [0.05, 0.1) is 0 Å². The molecular weight excluding hydrogens is 270 g/mol. The van der Waals surface area contributed by atoms with Gasteiger partial charge >= 0.3 is 5.97 Å². The topological polar surface area (TPSA) is 92.6 Å². The molecule has 0 heterocycles. The Hall–Kier alpha value is -1.73. The number of benzene rings is 1. The third-order valence-electron chi connectivity index (χ3n) is 2.29. The summed E-state index contributed by atoms with van der Waals surface area (Å²) in [7, 11) is 0. The van der Waals surface area contributed by atoms with Crippen LogP contribution in [0.3, 0.4) is 0 Å². The molecule has 1 rings (SSSR count). The molecule has 0 fully saturated rings. The summed E-state index contributed by atoms with van der Waals surface area (Å²) < 4.78 is 0. The number of thiocarbonyl (C=S) groups is 2. The van der Waals surface area contributed by atoms with Crippen molar-refractivity contribution in [2.75, 3.05) is 0 Å². The zero-order valence-electron chi connectivity index (χ0n) is 9.45. The maximum Gasteiger partial charge on any atom is 0.333 e. The highest BCUT2D eigenvalue weighted by molar-refractivity contribution is 7.80. The maximum absolute atomic E-state index is 11.2. The Kier molecular flexibility index (Phi) is 4.99. The lowest BCUT2D eigenvalue weighted by atomic mass is 10.2. The lowest BCUT2D eigenvalue weighted by Gasteiger charge is -2.28. The van der Waals surface area contributed by atoms with Crippen molar-refractivity contribution in [3.05, 3.63) is 35.9 Å². The number of hydrogen-bond acceptors (Lipinski definition) is 3. The van der Waals surface area contributed by atoms with E-state index in [1.165, 1.54) is 4.90 Å². The molecule has 5 nitrogen and oxygen atoms in total. The number of carbonyl (C=O) groups is 1. The van der Waals surface area contributed by atoms with E-state index in [2.05, 4.69) is 0 Å². The van der Waals surface area contributed by atoms with Crippen LogP contribution < -0.4 is 11.5 Å². The Bertz CT molecular complexity index is 451. The van der Waals surface area contributed by atoms with E-state index in [1.807, 2.05) is 30.3 Å². The van der Waals surface area contributed by atoms with Crippen molar-refractivity contribution in [2.45, 2.75) is 12.6 Å². The van der Waals surface area contributed by atoms with E-state index in [0.29, 0.717) is 0 Å². The second kappa shape index (κ2) is 6.27. The Morgan fingerprint density at radius 1 is 1.28 bits per heavy atom. The molecule has 0 aliphatic heterocycles. The van der Waals surface area contributed by atoms with Crippen LogP contribution in [0.4, 0.5) is 0 Å². The Morgan fingerprint density at radius 3 is 2.22 bits per heavy atom. The first-order valence-corrected chi connectivity index (χ1v) is 5.87. The van der Waals surface area contributed by atoms with Gasteiger partial charge in [-0.2, -0.15) is 0 Å². The van der Waals surface area contributed by atoms with Crippen LogP contribution in [0.15, 0.2) is 30.3 Å². The molecule has 0 saturated heterocycles. The van der Waals surface area contributed by atoms with Gasteiger partial charge in [0, 0.05) is 6.54 Å². The summed E-state index contributed by atoms with van der Waals surface area (Å²) in [5.74, 6) is -1.17. The summed E-state index contributed by atoms with van der Waals surface area (Å²) in [5.41, 5.74) is 11.8. The fourth-order valence-electron chi connectivity index (χ4n) is 1.49. The van der Waals surface area contributed by atoms with Crippen molar-refractivity contribution >= 4 is 40.5 Å². The molecule has 5 N–H and O–H groups in total. The Morgan fingerprint density at radius 2 is 1.83 bits per heavy atom. The van der Waals surface area contributed by atoms with Crippen molar-refractivity contribution in [3.8, 4) is 0 Å². The van der Waals surface area contributed by atoms with Gasteiger partial charge in [-0.25, -0.2) is 4.79 Å². The first-order valence-electron chi connectivity index (χ1n) is 5.05. The summed E-state index contributed by atoms with van der Waals surface area (Å²) >= 11 is 9.60. The van der Waals surface area contributed by atoms with E-state index in [0.717, 1.165) is 5.56 Å². The molecule has 0 aliphatic rings. The summed E-state index contributed by atoms with van der Waals surface area (Å²) in [5, 5.41) is 9.06. The minimum absolute atomic E-state index is 0.0564. The van der Waals surface area contributed by atoms with Crippen LogP contribution >= 0.6 is 24.4 Å². The van der Waals surface area contributed by atoms with Crippen LogP contribution in [-0.4, -0.2) is 32.1 Å². The molecule has 0 radical (unpaired) electrons. The van der Waals surface area contributed by atoms with Gasteiger partial charge in [0.1, 0.15) is 4.99 Å². The predicted octanol–water partition coefficient (Wildman–Crippen LogP) is 0.471. The smallest absolute Gasteiger partial charge is 0.333 e. The lowest BCUT2D eigenvalue weighted by Crippen LogP contribution is -2.53. The number of carboxylic acid groups (broad SMARTS) is 1. The van der Waals surface area contributed by atoms with Gasteiger partial charge in [0.2, 0.25) is 0 Å². The van der Waals surface area contributed by atoms with E-state index >= 15 is 0 Å². The van der Waals surface area contributed by atoms with Gasteiger partial charge in [-0.1, -0.05) is 42.5 Å². The third kappa shape index (κ3) is 3.64. The van der Waals surface area contributed by atoms with Gasteiger partial charge in [0.25, 0.3) is 0 Å². The zero-order valence-corrected chi connectivity index (χ0v) is 11.1. The first kappa shape index (κ1) is 14.3. The van der Waals surface area contributed by atoms with Crippen LogP contribution in [0.25, 0.3) is 0 Å². The van der Waals surface area contributed by atoms with Crippen molar-refractivity contribution in [1.29, 1.82) is 0 Å². The quantitative estimate of drug-likeness (QED) is 0.676. The summed E-state index contributed by atoms with van der Waals surface area (Å²) in [4.78, 5) is 12.3. The molecular formula is C11H13N3O2S2. The molecule has 0 aromatic heterocycles. The molecule has 0 amide bonds. The average Bonchev–Trinajstić information content (AvgIpc) is 2.28. The molecule has 1 unspecified atom stereocenters. The van der Waals surface area contributed by atoms with Crippen molar-refractivity contribution in [3.63, 3.8) is 0 Å². The Balaban J connectivity index is 2.99. The molecule has 96 valence electrons. The lowest BCUT2D eigenvalue weighted by molar-refractivity contribution is -0.139. The molecule has 1 aromatic rings. The van der Waals surface area contributed by atoms with Gasteiger partial charge in [-0.15, -0.1) is 0 Å². The third-order valence-corrected chi connectivity index (χ3v) is 2.75. The normalized spacial score (nSPS) is 11.6. The number of nitrogens with zero attached hydrogens (tertiary/aromatic N) is 1.